The molecule has 8 heteroatoms. The van der Waals surface area contributed by atoms with Gasteiger partial charge in [-0.25, -0.2) is 4.68 Å². The Labute approximate surface area is 155 Å². The highest BCUT2D eigenvalue weighted by molar-refractivity contribution is 5.93. The Morgan fingerprint density at radius 3 is 2.59 bits per heavy atom. The molecule has 0 unspecified atom stereocenters. The lowest BCUT2D eigenvalue weighted by atomic mass is 10.0. The minimum Gasteiger partial charge on any atom is -0.484 e. The number of anilines is 2. The lowest BCUT2D eigenvalue weighted by molar-refractivity contribution is -0.118. The van der Waals surface area contributed by atoms with Crippen molar-refractivity contribution in [2.75, 3.05) is 17.2 Å². The Bertz CT molecular complexity index is 956. The van der Waals surface area contributed by atoms with Crippen molar-refractivity contribution in [3.05, 3.63) is 66.2 Å². The molecule has 3 aromatic rings. The molecular formula is C19H17N5O3. The number of benzene rings is 2. The van der Waals surface area contributed by atoms with Gasteiger partial charge in [0, 0.05) is 0 Å². The Balaban J connectivity index is 1.48. The monoisotopic (exact) mass is 363 g/mol. The zero-order chi connectivity index (χ0) is 18.6. The topological polar surface area (TPSA) is 98.1 Å². The van der Waals surface area contributed by atoms with E-state index in [4.69, 9.17) is 4.74 Å². The van der Waals surface area contributed by atoms with Gasteiger partial charge in [0.25, 0.3) is 11.9 Å². The summed E-state index contributed by atoms with van der Waals surface area (Å²) in [7, 11) is 0. The smallest absolute Gasteiger partial charge is 0.264 e. The molecule has 4 rings (SSSR count). The first kappa shape index (κ1) is 16.8. The number of hydrogen-bond acceptors (Lipinski definition) is 5. The van der Waals surface area contributed by atoms with Gasteiger partial charge in [-0.3, -0.25) is 20.2 Å². The molecule has 2 amide bonds. The quantitative estimate of drug-likeness (QED) is 0.724. The van der Waals surface area contributed by atoms with E-state index in [9.17, 15) is 9.59 Å². The van der Waals surface area contributed by atoms with E-state index in [0.29, 0.717) is 11.7 Å². The Kier molecular flexibility index (Phi) is 4.52. The van der Waals surface area contributed by atoms with Gasteiger partial charge in [-0.1, -0.05) is 48.5 Å². The van der Waals surface area contributed by atoms with Crippen LogP contribution in [-0.4, -0.2) is 33.2 Å². The number of carbonyl (C=O) groups excluding carboxylic acids is 2. The summed E-state index contributed by atoms with van der Waals surface area (Å²) < 4.78 is 7.02. The number of aromatic nitrogens is 3. The number of rotatable bonds is 5. The SMILES string of the molecule is O=C(COc1ccccc1)Nc1nc2n(n1)[C@H](c1ccccc1)CC(=O)N2. The fraction of sp³-hybridized carbons (Fsp3) is 0.158. The standard InChI is InChI=1S/C19H17N5O3/c25-16-11-15(13-7-3-1-4-8-13)24-19(21-16)22-18(23-24)20-17(26)12-27-14-9-5-2-6-10-14/h1-10,15H,11-12H2,(H2,20,21,22,23,25,26)/t15-/m0/s1. The minimum atomic E-state index is -0.385. The molecule has 0 saturated carbocycles. The predicted octanol–water partition coefficient (Wildman–Crippen LogP) is 2.23. The van der Waals surface area contributed by atoms with Crippen LogP contribution in [-0.2, 0) is 9.59 Å². The molecule has 0 bridgehead atoms. The molecule has 136 valence electrons. The lowest BCUT2D eigenvalue weighted by Crippen LogP contribution is -2.29. The summed E-state index contributed by atoms with van der Waals surface area (Å²) in [5.74, 6) is 0.494. The van der Waals surface area contributed by atoms with Crippen molar-refractivity contribution in [3.8, 4) is 5.75 Å². The van der Waals surface area contributed by atoms with Crippen LogP contribution in [0.1, 0.15) is 18.0 Å². The van der Waals surface area contributed by atoms with Gasteiger partial charge in [0.1, 0.15) is 5.75 Å². The number of carbonyl (C=O) groups is 2. The van der Waals surface area contributed by atoms with Crippen LogP contribution < -0.4 is 15.4 Å². The van der Waals surface area contributed by atoms with Crippen LogP contribution in [0.4, 0.5) is 11.9 Å². The first-order valence-corrected chi connectivity index (χ1v) is 8.48. The maximum absolute atomic E-state index is 12.1. The normalized spacial score (nSPS) is 15.6. The minimum absolute atomic E-state index is 0.120. The van der Waals surface area contributed by atoms with Crippen molar-refractivity contribution in [1.29, 1.82) is 0 Å². The van der Waals surface area contributed by atoms with Crippen molar-refractivity contribution in [1.82, 2.24) is 14.8 Å². The Hall–Kier alpha value is -3.68. The summed E-state index contributed by atoms with van der Waals surface area (Å²) in [5, 5.41) is 9.62. The highest BCUT2D eigenvalue weighted by Gasteiger charge is 2.29. The van der Waals surface area contributed by atoms with Crippen molar-refractivity contribution in [2.45, 2.75) is 12.5 Å². The average Bonchev–Trinajstić information content (AvgIpc) is 3.09. The predicted molar refractivity (Wildman–Crippen MR) is 98.4 cm³/mol. The molecule has 1 aromatic heterocycles. The third-order valence-electron chi connectivity index (χ3n) is 4.11. The van der Waals surface area contributed by atoms with Crippen LogP contribution >= 0.6 is 0 Å². The van der Waals surface area contributed by atoms with Crippen LogP contribution in [0.2, 0.25) is 0 Å². The van der Waals surface area contributed by atoms with Crippen molar-refractivity contribution in [3.63, 3.8) is 0 Å². The first-order chi connectivity index (χ1) is 13.2. The van der Waals surface area contributed by atoms with Gasteiger partial charge in [-0.15, -0.1) is 5.10 Å². The van der Waals surface area contributed by atoms with Crippen molar-refractivity contribution in [2.24, 2.45) is 0 Å². The number of amides is 2. The molecule has 27 heavy (non-hydrogen) atoms. The lowest BCUT2D eigenvalue weighted by Gasteiger charge is -2.23. The number of nitrogens with one attached hydrogen (secondary N) is 2. The van der Waals surface area contributed by atoms with Crippen LogP contribution in [0.3, 0.4) is 0 Å². The molecule has 0 fully saturated rings. The molecule has 8 nitrogen and oxygen atoms in total. The number of fused-ring (bicyclic) bond motifs is 1. The van der Waals surface area contributed by atoms with E-state index in [1.807, 2.05) is 48.5 Å². The highest BCUT2D eigenvalue weighted by atomic mass is 16.5. The second-order valence-electron chi connectivity index (χ2n) is 6.03. The maximum Gasteiger partial charge on any atom is 0.264 e. The molecule has 2 aromatic carbocycles. The third kappa shape index (κ3) is 3.79. The van der Waals surface area contributed by atoms with Gasteiger partial charge in [-0.2, -0.15) is 4.98 Å². The molecule has 2 heterocycles. The van der Waals surface area contributed by atoms with Crippen molar-refractivity contribution >= 4 is 23.7 Å². The van der Waals surface area contributed by atoms with Gasteiger partial charge >= 0.3 is 0 Å². The van der Waals surface area contributed by atoms with Gasteiger partial charge in [0.2, 0.25) is 11.9 Å². The van der Waals surface area contributed by atoms with E-state index >= 15 is 0 Å². The molecule has 1 aliphatic rings. The zero-order valence-corrected chi connectivity index (χ0v) is 14.3. The molecule has 2 N–H and O–H groups in total. The first-order valence-electron chi connectivity index (χ1n) is 8.48. The summed E-state index contributed by atoms with van der Waals surface area (Å²) in [5.41, 5.74) is 0.948. The fourth-order valence-corrected chi connectivity index (χ4v) is 2.88. The van der Waals surface area contributed by atoms with E-state index in [-0.39, 0.29) is 36.8 Å². The van der Waals surface area contributed by atoms with E-state index in [2.05, 4.69) is 20.7 Å². The number of nitrogens with zero attached hydrogens (tertiary/aromatic N) is 3. The molecule has 0 saturated heterocycles. The highest BCUT2D eigenvalue weighted by Crippen LogP contribution is 2.29. The van der Waals surface area contributed by atoms with E-state index < -0.39 is 0 Å². The second kappa shape index (κ2) is 7.28. The van der Waals surface area contributed by atoms with Gasteiger partial charge in [0.15, 0.2) is 6.61 Å². The third-order valence-corrected chi connectivity index (χ3v) is 4.11. The van der Waals surface area contributed by atoms with Crippen LogP contribution in [0.5, 0.6) is 5.75 Å². The summed E-state index contributed by atoms with van der Waals surface area (Å²) >= 11 is 0. The fourth-order valence-electron chi connectivity index (χ4n) is 2.88. The molecule has 0 radical (unpaired) electrons. The zero-order valence-electron chi connectivity index (χ0n) is 14.3. The Morgan fingerprint density at radius 2 is 1.85 bits per heavy atom. The number of hydrogen-bond donors (Lipinski definition) is 2. The van der Waals surface area contributed by atoms with Gasteiger partial charge < -0.3 is 4.74 Å². The number of para-hydroxylation sites is 1. The van der Waals surface area contributed by atoms with Gasteiger partial charge in [0.05, 0.1) is 12.5 Å². The molecule has 1 aliphatic heterocycles. The summed E-state index contributed by atoms with van der Waals surface area (Å²) in [6.45, 7) is -0.164. The second-order valence-corrected chi connectivity index (χ2v) is 6.03. The van der Waals surface area contributed by atoms with Crippen LogP contribution in [0, 0.1) is 0 Å². The van der Waals surface area contributed by atoms with Crippen LogP contribution in [0.25, 0.3) is 0 Å². The molecule has 0 aliphatic carbocycles. The van der Waals surface area contributed by atoms with E-state index in [1.54, 1.807) is 16.8 Å². The summed E-state index contributed by atoms with van der Waals surface area (Å²) in [6, 6.07) is 18.4. The summed E-state index contributed by atoms with van der Waals surface area (Å²) in [4.78, 5) is 28.3. The van der Waals surface area contributed by atoms with Crippen molar-refractivity contribution < 1.29 is 14.3 Å². The van der Waals surface area contributed by atoms with Gasteiger partial charge in [-0.05, 0) is 17.7 Å². The largest absolute Gasteiger partial charge is 0.484 e. The average molecular weight is 363 g/mol. The van der Waals surface area contributed by atoms with Crippen LogP contribution in [0.15, 0.2) is 60.7 Å². The van der Waals surface area contributed by atoms with E-state index in [0.717, 1.165) is 5.56 Å². The maximum atomic E-state index is 12.1. The summed E-state index contributed by atoms with van der Waals surface area (Å²) in [6.07, 6.45) is 0.255. The molecule has 1 atom stereocenters. The Morgan fingerprint density at radius 1 is 1.15 bits per heavy atom. The molecule has 0 spiro atoms. The van der Waals surface area contributed by atoms with E-state index in [1.165, 1.54) is 0 Å². The number of ether oxygens (including phenoxy) is 1. The molecular weight excluding hydrogens is 346 g/mol.